The summed E-state index contributed by atoms with van der Waals surface area (Å²) >= 11 is 0. The second-order valence-corrected chi connectivity index (χ2v) is 5.24. The first-order valence-electron chi connectivity index (χ1n) is 7.19. The van der Waals surface area contributed by atoms with Crippen LogP contribution in [0.4, 0.5) is 11.5 Å². The highest BCUT2D eigenvalue weighted by atomic mass is 16.5. The van der Waals surface area contributed by atoms with E-state index in [0.29, 0.717) is 24.3 Å². The van der Waals surface area contributed by atoms with Gasteiger partial charge in [0.05, 0.1) is 18.6 Å². The molecule has 0 saturated carbocycles. The number of anilines is 2. The van der Waals surface area contributed by atoms with Crippen LogP contribution in [0, 0.1) is 5.92 Å². The van der Waals surface area contributed by atoms with Gasteiger partial charge in [-0.3, -0.25) is 4.79 Å². The van der Waals surface area contributed by atoms with E-state index in [0.717, 1.165) is 5.82 Å². The Kier molecular flexibility index (Phi) is 4.18. The zero-order valence-electron chi connectivity index (χ0n) is 12.6. The quantitative estimate of drug-likeness (QED) is 0.858. The molecule has 118 valence electrons. The monoisotopic (exact) mass is 312 g/mol. The summed E-state index contributed by atoms with van der Waals surface area (Å²) in [5, 5.41) is 10.7. The van der Waals surface area contributed by atoms with E-state index in [-0.39, 0.29) is 11.8 Å². The van der Waals surface area contributed by atoms with Gasteiger partial charge in [-0.15, -0.1) is 5.10 Å². The van der Waals surface area contributed by atoms with Gasteiger partial charge in [-0.05, 0) is 36.4 Å². The first-order chi connectivity index (χ1) is 11.2. The van der Waals surface area contributed by atoms with Gasteiger partial charge in [0, 0.05) is 25.0 Å². The van der Waals surface area contributed by atoms with Gasteiger partial charge in [-0.1, -0.05) is 0 Å². The molecule has 1 aliphatic heterocycles. The van der Waals surface area contributed by atoms with Crippen LogP contribution in [-0.4, -0.2) is 42.3 Å². The molecule has 1 fully saturated rings. The standard InChI is InChI=1S/C16H16N4O3/c1-23-16(22)11-4-6-13(7-5-11)18-15(21)12-9-20(10-12)14-3-2-8-17-19-14/h2-8,12H,9-10H2,1H3,(H,18,21). The number of nitrogens with one attached hydrogen (secondary N) is 1. The Bertz CT molecular complexity index is 697. The Morgan fingerprint density at radius 3 is 2.57 bits per heavy atom. The first-order valence-corrected chi connectivity index (χ1v) is 7.19. The zero-order chi connectivity index (χ0) is 16.2. The maximum atomic E-state index is 12.2. The molecule has 1 aromatic carbocycles. The number of benzene rings is 1. The number of aromatic nitrogens is 2. The van der Waals surface area contributed by atoms with Gasteiger partial charge >= 0.3 is 5.97 Å². The molecule has 7 heteroatoms. The molecule has 1 aliphatic rings. The number of ether oxygens (including phenoxy) is 1. The number of hydrogen-bond acceptors (Lipinski definition) is 6. The summed E-state index contributed by atoms with van der Waals surface area (Å²) in [5.74, 6) is 0.244. The molecule has 0 bridgehead atoms. The third-order valence-electron chi connectivity index (χ3n) is 3.71. The Balaban J connectivity index is 1.53. The van der Waals surface area contributed by atoms with Crippen LogP contribution >= 0.6 is 0 Å². The molecule has 1 amide bonds. The summed E-state index contributed by atoms with van der Waals surface area (Å²) in [5.41, 5.74) is 1.10. The summed E-state index contributed by atoms with van der Waals surface area (Å²) in [6.45, 7) is 1.23. The van der Waals surface area contributed by atoms with E-state index in [4.69, 9.17) is 0 Å². The predicted molar refractivity (Wildman–Crippen MR) is 84.1 cm³/mol. The van der Waals surface area contributed by atoms with Crippen LogP contribution in [0.25, 0.3) is 0 Å². The second-order valence-electron chi connectivity index (χ2n) is 5.24. The molecule has 1 N–H and O–H groups in total. The minimum Gasteiger partial charge on any atom is -0.465 e. The van der Waals surface area contributed by atoms with E-state index in [1.165, 1.54) is 7.11 Å². The molecule has 0 aliphatic carbocycles. The number of methoxy groups -OCH3 is 1. The van der Waals surface area contributed by atoms with Gasteiger partial charge in [0.15, 0.2) is 5.82 Å². The molecular weight excluding hydrogens is 296 g/mol. The molecule has 2 aromatic rings. The normalized spacial score (nSPS) is 14.0. The largest absolute Gasteiger partial charge is 0.465 e. The van der Waals surface area contributed by atoms with Crippen molar-refractivity contribution in [1.29, 1.82) is 0 Å². The topological polar surface area (TPSA) is 84.4 Å². The SMILES string of the molecule is COC(=O)c1ccc(NC(=O)C2CN(c3cccnn3)C2)cc1. The Morgan fingerprint density at radius 1 is 1.22 bits per heavy atom. The summed E-state index contributed by atoms with van der Waals surface area (Å²) in [6.07, 6.45) is 1.62. The van der Waals surface area contributed by atoms with Crippen LogP contribution in [0.2, 0.25) is 0 Å². The third-order valence-corrected chi connectivity index (χ3v) is 3.71. The zero-order valence-corrected chi connectivity index (χ0v) is 12.6. The average Bonchev–Trinajstić information content (AvgIpc) is 2.54. The maximum absolute atomic E-state index is 12.2. The molecule has 1 aromatic heterocycles. The predicted octanol–water partition coefficient (Wildman–Crippen LogP) is 1.34. The summed E-state index contributed by atoms with van der Waals surface area (Å²) in [6, 6.07) is 10.3. The highest BCUT2D eigenvalue weighted by Gasteiger charge is 2.33. The smallest absolute Gasteiger partial charge is 0.337 e. The van der Waals surface area contributed by atoms with Crippen molar-refractivity contribution < 1.29 is 14.3 Å². The van der Waals surface area contributed by atoms with Crippen molar-refractivity contribution in [2.45, 2.75) is 0 Å². The lowest BCUT2D eigenvalue weighted by molar-refractivity contribution is -0.120. The van der Waals surface area contributed by atoms with E-state index in [1.807, 2.05) is 17.0 Å². The van der Waals surface area contributed by atoms with E-state index in [9.17, 15) is 9.59 Å². The van der Waals surface area contributed by atoms with E-state index >= 15 is 0 Å². The van der Waals surface area contributed by atoms with Crippen molar-refractivity contribution in [2.75, 3.05) is 30.4 Å². The maximum Gasteiger partial charge on any atom is 0.337 e. The van der Waals surface area contributed by atoms with Crippen LogP contribution in [0.1, 0.15) is 10.4 Å². The van der Waals surface area contributed by atoms with Crippen LogP contribution in [0.3, 0.4) is 0 Å². The van der Waals surface area contributed by atoms with Gasteiger partial charge < -0.3 is 15.0 Å². The Morgan fingerprint density at radius 2 is 1.96 bits per heavy atom. The van der Waals surface area contributed by atoms with Crippen molar-refractivity contribution in [3.05, 3.63) is 48.2 Å². The molecule has 2 heterocycles. The molecular formula is C16H16N4O3. The van der Waals surface area contributed by atoms with Crippen molar-refractivity contribution in [3.8, 4) is 0 Å². The molecule has 0 atom stereocenters. The van der Waals surface area contributed by atoms with Gasteiger partial charge in [-0.2, -0.15) is 5.10 Å². The van der Waals surface area contributed by atoms with Crippen molar-refractivity contribution >= 4 is 23.4 Å². The van der Waals surface area contributed by atoms with Crippen molar-refractivity contribution in [2.24, 2.45) is 5.92 Å². The first kappa shape index (κ1) is 15.0. The fraction of sp³-hybridized carbons (Fsp3) is 0.250. The number of rotatable bonds is 4. The number of esters is 1. The van der Waals surface area contributed by atoms with Crippen LogP contribution in [0.5, 0.6) is 0 Å². The molecule has 23 heavy (non-hydrogen) atoms. The summed E-state index contributed by atoms with van der Waals surface area (Å²) in [7, 11) is 1.33. The van der Waals surface area contributed by atoms with E-state index in [2.05, 4.69) is 20.3 Å². The number of nitrogens with zero attached hydrogens (tertiary/aromatic N) is 3. The number of hydrogen-bond donors (Lipinski definition) is 1. The number of carbonyl (C=O) groups excluding carboxylic acids is 2. The lowest BCUT2D eigenvalue weighted by Crippen LogP contribution is -2.52. The van der Waals surface area contributed by atoms with Crippen molar-refractivity contribution in [1.82, 2.24) is 10.2 Å². The van der Waals surface area contributed by atoms with Crippen LogP contribution in [-0.2, 0) is 9.53 Å². The molecule has 7 nitrogen and oxygen atoms in total. The average molecular weight is 312 g/mol. The number of carbonyl (C=O) groups is 2. The van der Waals surface area contributed by atoms with Crippen LogP contribution < -0.4 is 10.2 Å². The minimum atomic E-state index is -0.401. The highest BCUT2D eigenvalue weighted by molar-refractivity contribution is 5.95. The second kappa shape index (κ2) is 6.43. The van der Waals surface area contributed by atoms with Crippen LogP contribution in [0.15, 0.2) is 42.6 Å². The molecule has 3 rings (SSSR count). The molecule has 0 spiro atoms. The van der Waals surface area contributed by atoms with Gasteiger partial charge in [0.2, 0.25) is 5.91 Å². The van der Waals surface area contributed by atoms with E-state index in [1.54, 1.807) is 30.5 Å². The third kappa shape index (κ3) is 3.28. The fourth-order valence-corrected chi connectivity index (χ4v) is 2.35. The summed E-state index contributed by atoms with van der Waals surface area (Å²) < 4.78 is 4.63. The summed E-state index contributed by atoms with van der Waals surface area (Å²) in [4.78, 5) is 25.5. The number of amides is 1. The van der Waals surface area contributed by atoms with Gasteiger partial charge in [0.25, 0.3) is 0 Å². The fourth-order valence-electron chi connectivity index (χ4n) is 2.35. The minimum absolute atomic E-state index is 0.0454. The lowest BCUT2D eigenvalue weighted by Gasteiger charge is -2.38. The van der Waals surface area contributed by atoms with Gasteiger partial charge in [-0.25, -0.2) is 4.79 Å². The van der Waals surface area contributed by atoms with Gasteiger partial charge in [0.1, 0.15) is 0 Å². The highest BCUT2D eigenvalue weighted by Crippen LogP contribution is 2.23. The molecule has 0 unspecified atom stereocenters. The van der Waals surface area contributed by atoms with E-state index < -0.39 is 5.97 Å². The molecule has 1 saturated heterocycles. The Labute approximate surface area is 133 Å². The molecule has 0 radical (unpaired) electrons. The lowest BCUT2D eigenvalue weighted by atomic mass is 9.99. The van der Waals surface area contributed by atoms with Crippen molar-refractivity contribution in [3.63, 3.8) is 0 Å². The Hall–Kier alpha value is -2.96.